The van der Waals surface area contributed by atoms with Crippen molar-refractivity contribution in [2.24, 2.45) is 0 Å². The Morgan fingerprint density at radius 1 is 1.28 bits per heavy atom. The maximum atomic E-state index is 12.7. The Kier molecular flexibility index (Phi) is 4.92. The number of urea groups is 1. The average molecular weight is 446 g/mol. The van der Waals surface area contributed by atoms with Gasteiger partial charge in [-0.25, -0.2) is 9.78 Å². The predicted octanol–water partition coefficient (Wildman–Crippen LogP) is 3.62. The summed E-state index contributed by atoms with van der Waals surface area (Å²) in [4.78, 5) is 19.9. The highest BCUT2D eigenvalue weighted by atomic mass is 19.4. The van der Waals surface area contributed by atoms with E-state index in [1.807, 2.05) is 18.2 Å². The van der Waals surface area contributed by atoms with Gasteiger partial charge in [0.2, 0.25) is 5.88 Å². The van der Waals surface area contributed by atoms with Crippen molar-refractivity contribution >= 4 is 22.6 Å². The van der Waals surface area contributed by atoms with Crippen molar-refractivity contribution in [3.05, 3.63) is 36.0 Å². The second kappa shape index (κ2) is 7.66. The number of methoxy groups -OCH3 is 1. The summed E-state index contributed by atoms with van der Waals surface area (Å²) in [5, 5.41) is 11.1. The van der Waals surface area contributed by atoms with Crippen LogP contribution in [-0.2, 0) is 6.54 Å². The number of anilines is 1. The molecule has 0 radical (unpaired) electrons. The number of aromatic amines is 1. The standard InChI is InChI=1S/C21H21F3N6O2/c1-32-18-3-2-12(8-25-18)19-15-6-13-9-30(14-4-5-29(10-14)11-21(22,23)24)20(31)26-16(13)7-17(15)27-28-19/h2-3,6-8,14H,4-5,9-11H2,1H3,(H,26,31)(H,27,28). The summed E-state index contributed by atoms with van der Waals surface area (Å²) in [5.74, 6) is 0.500. The summed E-state index contributed by atoms with van der Waals surface area (Å²) in [6.07, 6.45) is -2.06. The van der Waals surface area contributed by atoms with E-state index in [1.165, 1.54) is 4.90 Å². The largest absolute Gasteiger partial charge is 0.481 e. The van der Waals surface area contributed by atoms with Crippen LogP contribution in [0.3, 0.4) is 0 Å². The van der Waals surface area contributed by atoms with Gasteiger partial charge in [-0.05, 0) is 30.2 Å². The molecule has 0 spiro atoms. The number of hydrogen-bond donors (Lipinski definition) is 2. The molecule has 11 heteroatoms. The lowest BCUT2D eigenvalue weighted by Gasteiger charge is -2.34. The zero-order valence-electron chi connectivity index (χ0n) is 17.2. The number of amides is 2. The zero-order valence-corrected chi connectivity index (χ0v) is 17.2. The molecule has 1 unspecified atom stereocenters. The molecule has 4 heterocycles. The van der Waals surface area contributed by atoms with E-state index in [4.69, 9.17) is 4.74 Å². The van der Waals surface area contributed by atoms with Crippen LogP contribution in [-0.4, -0.2) is 70.0 Å². The predicted molar refractivity (Wildman–Crippen MR) is 111 cm³/mol. The minimum atomic E-state index is -4.24. The Bertz CT molecular complexity index is 1160. The maximum Gasteiger partial charge on any atom is 0.401 e. The minimum Gasteiger partial charge on any atom is -0.481 e. The molecule has 32 heavy (non-hydrogen) atoms. The molecule has 2 aliphatic rings. The number of carbonyl (C=O) groups excluding carboxylic acids is 1. The fraction of sp³-hybridized carbons (Fsp3) is 0.381. The molecule has 168 valence electrons. The molecule has 1 aromatic carbocycles. The Morgan fingerprint density at radius 2 is 2.12 bits per heavy atom. The molecular formula is C21H21F3N6O2. The molecule has 1 saturated heterocycles. The third-order valence-electron chi connectivity index (χ3n) is 5.94. The van der Waals surface area contributed by atoms with E-state index in [0.717, 1.165) is 27.7 Å². The first kappa shape index (κ1) is 20.6. The van der Waals surface area contributed by atoms with E-state index in [1.54, 1.807) is 24.3 Å². The molecule has 2 N–H and O–H groups in total. The van der Waals surface area contributed by atoms with Crippen LogP contribution in [0.5, 0.6) is 5.88 Å². The van der Waals surface area contributed by atoms with Crippen molar-refractivity contribution in [1.29, 1.82) is 0 Å². The van der Waals surface area contributed by atoms with Crippen molar-refractivity contribution in [3.63, 3.8) is 0 Å². The number of fused-ring (bicyclic) bond motifs is 2. The normalized spacial score (nSPS) is 19.3. The number of H-pyrrole nitrogens is 1. The number of rotatable bonds is 4. The fourth-order valence-electron chi connectivity index (χ4n) is 4.42. The number of nitrogens with zero attached hydrogens (tertiary/aromatic N) is 4. The monoisotopic (exact) mass is 446 g/mol. The summed E-state index contributed by atoms with van der Waals surface area (Å²) in [7, 11) is 1.55. The summed E-state index contributed by atoms with van der Waals surface area (Å²) >= 11 is 0. The van der Waals surface area contributed by atoms with Crippen molar-refractivity contribution < 1.29 is 22.7 Å². The Balaban J connectivity index is 1.41. The number of aromatic nitrogens is 3. The highest BCUT2D eigenvalue weighted by Crippen LogP contribution is 2.34. The Labute approximate surface area is 181 Å². The molecule has 8 nitrogen and oxygen atoms in total. The quantitative estimate of drug-likeness (QED) is 0.640. The van der Waals surface area contributed by atoms with Gasteiger partial charge < -0.3 is 15.0 Å². The summed E-state index contributed by atoms with van der Waals surface area (Å²) in [6.45, 7) is -0.104. The SMILES string of the molecule is COc1ccc(-c2n[nH]c3cc4c(cc23)CN(C2CCN(CC(F)(F)F)C2)C(=O)N4)cn1. The minimum absolute atomic E-state index is 0.207. The molecule has 2 amide bonds. The second-order valence-corrected chi connectivity index (χ2v) is 8.07. The zero-order chi connectivity index (χ0) is 22.5. The number of pyridine rings is 1. The molecule has 5 rings (SSSR count). The molecule has 3 aromatic rings. The van der Waals surface area contributed by atoms with Crippen molar-refractivity contribution in [3.8, 4) is 17.1 Å². The van der Waals surface area contributed by atoms with Gasteiger partial charge in [0.25, 0.3) is 0 Å². The van der Waals surface area contributed by atoms with Crippen LogP contribution in [0.1, 0.15) is 12.0 Å². The Hall–Kier alpha value is -3.34. The molecule has 0 bridgehead atoms. The van der Waals surface area contributed by atoms with Gasteiger partial charge >= 0.3 is 12.2 Å². The fourth-order valence-corrected chi connectivity index (χ4v) is 4.42. The number of carbonyl (C=O) groups is 1. The third kappa shape index (κ3) is 3.83. The van der Waals surface area contributed by atoms with Gasteiger partial charge in [0, 0.05) is 54.6 Å². The lowest BCUT2D eigenvalue weighted by atomic mass is 10.0. The van der Waals surface area contributed by atoms with Crippen LogP contribution < -0.4 is 10.1 Å². The van der Waals surface area contributed by atoms with Gasteiger partial charge in [-0.3, -0.25) is 10.00 Å². The number of alkyl halides is 3. The number of halogens is 3. The molecule has 0 aliphatic carbocycles. The smallest absolute Gasteiger partial charge is 0.401 e. The number of hydrogen-bond acceptors (Lipinski definition) is 5. The lowest BCUT2D eigenvalue weighted by Crippen LogP contribution is -2.46. The molecule has 2 aliphatic heterocycles. The maximum absolute atomic E-state index is 12.7. The van der Waals surface area contributed by atoms with Gasteiger partial charge in [0.15, 0.2) is 0 Å². The van der Waals surface area contributed by atoms with Gasteiger partial charge in [0.05, 0.1) is 19.2 Å². The van der Waals surface area contributed by atoms with E-state index < -0.39 is 12.7 Å². The van der Waals surface area contributed by atoms with Crippen molar-refractivity contribution in [2.45, 2.75) is 25.2 Å². The first-order chi connectivity index (χ1) is 15.3. The van der Waals surface area contributed by atoms with Crippen molar-refractivity contribution in [2.75, 3.05) is 32.1 Å². The summed E-state index contributed by atoms with van der Waals surface area (Å²) in [5.41, 5.74) is 3.86. The lowest BCUT2D eigenvalue weighted by molar-refractivity contribution is -0.143. The van der Waals surface area contributed by atoms with Crippen LogP contribution >= 0.6 is 0 Å². The van der Waals surface area contributed by atoms with E-state index in [0.29, 0.717) is 31.1 Å². The van der Waals surface area contributed by atoms with E-state index in [2.05, 4.69) is 20.5 Å². The molecule has 1 atom stereocenters. The number of benzene rings is 1. The van der Waals surface area contributed by atoms with E-state index in [-0.39, 0.29) is 18.6 Å². The number of likely N-dealkylation sites (tertiary alicyclic amines) is 1. The van der Waals surface area contributed by atoms with Crippen molar-refractivity contribution in [1.82, 2.24) is 25.0 Å². The first-order valence-corrected chi connectivity index (χ1v) is 10.2. The van der Waals surface area contributed by atoms with Crippen LogP contribution in [0, 0.1) is 0 Å². The number of ether oxygens (including phenoxy) is 1. The second-order valence-electron chi connectivity index (χ2n) is 8.07. The van der Waals surface area contributed by atoms with Gasteiger partial charge in [0.1, 0.15) is 5.69 Å². The van der Waals surface area contributed by atoms with Crippen LogP contribution in [0.4, 0.5) is 23.7 Å². The van der Waals surface area contributed by atoms with Crippen LogP contribution in [0.15, 0.2) is 30.5 Å². The highest BCUT2D eigenvalue weighted by molar-refractivity contribution is 6.00. The van der Waals surface area contributed by atoms with Gasteiger partial charge in [-0.15, -0.1) is 0 Å². The molecule has 0 saturated carbocycles. The molecular weight excluding hydrogens is 425 g/mol. The Morgan fingerprint density at radius 3 is 2.84 bits per heavy atom. The molecule has 2 aromatic heterocycles. The number of nitrogens with one attached hydrogen (secondary N) is 2. The van der Waals surface area contributed by atoms with Crippen LogP contribution in [0.25, 0.3) is 22.2 Å². The first-order valence-electron chi connectivity index (χ1n) is 10.2. The van der Waals surface area contributed by atoms with E-state index in [9.17, 15) is 18.0 Å². The van der Waals surface area contributed by atoms with Gasteiger partial charge in [-0.1, -0.05) is 0 Å². The molecule has 1 fully saturated rings. The highest BCUT2D eigenvalue weighted by Gasteiger charge is 2.38. The van der Waals surface area contributed by atoms with E-state index >= 15 is 0 Å². The summed E-state index contributed by atoms with van der Waals surface area (Å²) < 4.78 is 43.3. The third-order valence-corrected chi connectivity index (χ3v) is 5.94. The topological polar surface area (TPSA) is 86.4 Å². The average Bonchev–Trinajstić information content (AvgIpc) is 3.37. The summed E-state index contributed by atoms with van der Waals surface area (Å²) in [6, 6.07) is 6.84. The van der Waals surface area contributed by atoms with Gasteiger partial charge in [-0.2, -0.15) is 18.3 Å². The van der Waals surface area contributed by atoms with Crippen LogP contribution in [0.2, 0.25) is 0 Å².